The number of benzene rings is 1. The Hall–Kier alpha value is -3.07. The first-order valence-corrected chi connectivity index (χ1v) is 10.5. The number of likely N-dealkylation sites (N-methyl/N-ethyl adjacent to an activating group) is 1. The van der Waals surface area contributed by atoms with Gasteiger partial charge in [0.05, 0.1) is 35.2 Å². The minimum absolute atomic E-state index is 0.177. The average Bonchev–Trinajstić information content (AvgIpc) is 3.29. The number of carbonyl (C=O) groups is 1. The zero-order valence-corrected chi connectivity index (χ0v) is 19.3. The highest BCUT2D eigenvalue weighted by Crippen LogP contribution is 2.30. The van der Waals surface area contributed by atoms with Crippen molar-refractivity contribution < 1.29 is 27.1 Å². The Labute approximate surface area is 190 Å². The van der Waals surface area contributed by atoms with Gasteiger partial charge in [-0.3, -0.25) is 4.79 Å². The number of carbonyl (C=O) groups excluding carboxylic acids is 1. The number of ether oxygens (including phenoxy) is 1. The molecule has 0 fully saturated rings. The topological polar surface area (TPSA) is 73.1 Å². The standard InChI is InChI=1S/C21H22F4N5O2P/c1-4-29(13(3)11-32-19-16(22)8-14(10-26-19)21(23,24)25)20(31)15-9-18(33)12(2)7-17(15)30-27-5-6-28-30/h5-10,13H,4,11,33H2,1-3H3/t13-/m0/s1. The quantitative estimate of drug-likeness (QED) is 0.380. The van der Waals surface area contributed by atoms with Gasteiger partial charge in [-0.2, -0.15) is 28.2 Å². The molecule has 176 valence electrons. The Morgan fingerprint density at radius 3 is 2.48 bits per heavy atom. The second-order valence-corrected chi connectivity index (χ2v) is 7.93. The highest BCUT2D eigenvalue weighted by Gasteiger charge is 2.32. The minimum atomic E-state index is -4.71. The number of aromatic nitrogens is 4. The Bertz CT molecular complexity index is 1140. The highest BCUT2D eigenvalue weighted by atomic mass is 31.0. The number of pyridine rings is 1. The molecule has 0 aliphatic heterocycles. The van der Waals surface area contributed by atoms with Crippen molar-refractivity contribution >= 4 is 20.5 Å². The summed E-state index contributed by atoms with van der Waals surface area (Å²) in [6, 6.07) is 3.30. The first-order chi connectivity index (χ1) is 15.5. The number of aryl methyl sites for hydroxylation is 1. The lowest BCUT2D eigenvalue weighted by Crippen LogP contribution is -2.42. The zero-order chi connectivity index (χ0) is 24.3. The lowest BCUT2D eigenvalue weighted by molar-refractivity contribution is -0.138. The number of hydrogen-bond donors (Lipinski definition) is 0. The van der Waals surface area contributed by atoms with E-state index in [1.54, 1.807) is 26.0 Å². The maximum atomic E-state index is 14.0. The van der Waals surface area contributed by atoms with E-state index >= 15 is 0 Å². The largest absolute Gasteiger partial charge is 0.473 e. The summed E-state index contributed by atoms with van der Waals surface area (Å²) in [5.41, 5.74) is 0.565. The van der Waals surface area contributed by atoms with E-state index in [-0.39, 0.29) is 12.5 Å². The van der Waals surface area contributed by atoms with E-state index in [1.165, 1.54) is 22.1 Å². The first kappa shape index (κ1) is 24.6. The van der Waals surface area contributed by atoms with Crippen LogP contribution in [0.5, 0.6) is 5.88 Å². The molecule has 0 bridgehead atoms. The average molecular weight is 483 g/mol. The molecule has 3 aromatic rings. The van der Waals surface area contributed by atoms with Crippen LogP contribution in [-0.2, 0) is 6.18 Å². The molecule has 2 heterocycles. The second kappa shape index (κ2) is 9.82. The summed E-state index contributed by atoms with van der Waals surface area (Å²) in [6.45, 7) is 5.48. The van der Waals surface area contributed by atoms with Crippen molar-refractivity contribution in [3.8, 4) is 11.6 Å². The number of nitrogens with zero attached hydrogens (tertiary/aromatic N) is 5. The molecule has 0 aliphatic carbocycles. The van der Waals surface area contributed by atoms with Crippen LogP contribution in [0.25, 0.3) is 5.69 Å². The van der Waals surface area contributed by atoms with Crippen molar-refractivity contribution in [3.63, 3.8) is 0 Å². The van der Waals surface area contributed by atoms with Crippen LogP contribution in [0.3, 0.4) is 0 Å². The molecule has 1 unspecified atom stereocenters. The van der Waals surface area contributed by atoms with E-state index < -0.39 is 29.5 Å². The zero-order valence-electron chi connectivity index (χ0n) is 18.1. The molecule has 0 saturated carbocycles. The lowest BCUT2D eigenvalue weighted by atomic mass is 10.1. The summed E-state index contributed by atoms with van der Waals surface area (Å²) in [6.07, 6.45) is -1.21. The van der Waals surface area contributed by atoms with Gasteiger partial charge < -0.3 is 9.64 Å². The Morgan fingerprint density at radius 2 is 1.91 bits per heavy atom. The number of alkyl halides is 3. The van der Waals surface area contributed by atoms with Crippen LogP contribution in [0.1, 0.15) is 35.3 Å². The molecule has 0 saturated heterocycles. The normalized spacial score (nSPS) is 12.5. The van der Waals surface area contributed by atoms with Crippen LogP contribution in [0.2, 0.25) is 0 Å². The van der Waals surface area contributed by atoms with Gasteiger partial charge in [0.25, 0.3) is 5.91 Å². The maximum Gasteiger partial charge on any atom is 0.417 e. The smallest absolute Gasteiger partial charge is 0.417 e. The molecule has 1 amide bonds. The van der Waals surface area contributed by atoms with Crippen molar-refractivity contribution in [2.24, 2.45) is 0 Å². The van der Waals surface area contributed by atoms with E-state index in [1.807, 2.05) is 6.92 Å². The van der Waals surface area contributed by atoms with Crippen molar-refractivity contribution in [1.82, 2.24) is 24.9 Å². The number of amides is 1. The van der Waals surface area contributed by atoms with Gasteiger partial charge in [0.15, 0.2) is 5.82 Å². The molecule has 0 radical (unpaired) electrons. The minimum Gasteiger partial charge on any atom is -0.473 e. The van der Waals surface area contributed by atoms with E-state index in [2.05, 4.69) is 24.4 Å². The second-order valence-electron chi connectivity index (χ2n) is 7.30. The van der Waals surface area contributed by atoms with Crippen LogP contribution in [0.4, 0.5) is 17.6 Å². The van der Waals surface area contributed by atoms with Crippen molar-refractivity contribution in [2.75, 3.05) is 13.2 Å². The number of halogens is 4. The number of hydrogen-bond acceptors (Lipinski definition) is 5. The van der Waals surface area contributed by atoms with E-state index in [4.69, 9.17) is 4.74 Å². The van der Waals surface area contributed by atoms with Gasteiger partial charge in [-0.15, -0.1) is 9.24 Å². The van der Waals surface area contributed by atoms with Crippen LogP contribution < -0.4 is 10.0 Å². The monoisotopic (exact) mass is 483 g/mol. The first-order valence-electron chi connectivity index (χ1n) is 9.96. The third-order valence-corrected chi connectivity index (χ3v) is 5.60. The molecular formula is C21H22F4N5O2P. The van der Waals surface area contributed by atoms with Crippen molar-refractivity contribution in [3.05, 3.63) is 59.3 Å². The van der Waals surface area contributed by atoms with Gasteiger partial charge in [-0.25, -0.2) is 9.37 Å². The Balaban J connectivity index is 1.81. The predicted octanol–water partition coefficient (Wildman–Crippen LogP) is 3.56. The molecule has 2 atom stereocenters. The molecule has 0 N–H and O–H groups in total. The highest BCUT2D eigenvalue weighted by molar-refractivity contribution is 7.27. The third-order valence-electron chi connectivity index (χ3n) is 4.98. The molecule has 12 heteroatoms. The van der Waals surface area contributed by atoms with Gasteiger partial charge in [-0.1, -0.05) is 0 Å². The molecule has 33 heavy (non-hydrogen) atoms. The van der Waals surface area contributed by atoms with Gasteiger partial charge in [0.1, 0.15) is 6.61 Å². The summed E-state index contributed by atoms with van der Waals surface area (Å²) in [5.74, 6) is -2.13. The van der Waals surface area contributed by atoms with Gasteiger partial charge in [0, 0.05) is 12.7 Å². The molecule has 7 nitrogen and oxygen atoms in total. The van der Waals surface area contributed by atoms with Crippen LogP contribution >= 0.6 is 9.24 Å². The molecular weight excluding hydrogens is 461 g/mol. The van der Waals surface area contributed by atoms with Gasteiger partial charge >= 0.3 is 6.18 Å². The van der Waals surface area contributed by atoms with Crippen LogP contribution in [0, 0.1) is 12.7 Å². The fourth-order valence-electron chi connectivity index (χ4n) is 3.17. The molecule has 3 rings (SSSR count). The van der Waals surface area contributed by atoms with Gasteiger partial charge in [-0.05, 0) is 49.8 Å². The van der Waals surface area contributed by atoms with Gasteiger partial charge in [0.2, 0.25) is 5.88 Å². The van der Waals surface area contributed by atoms with E-state index in [9.17, 15) is 22.4 Å². The van der Waals surface area contributed by atoms with Crippen LogP contribution in [0.15, 0.2) is 36.8 Å². The SMILES string of the molecule is CCN(C(=O)c1cc(P)c(C)cc1-n1nccn1)[C@@H](C)COc1ncc(C(F)(F)F)cc1F. The molecule has 0 spiro atoms. The number of rotatable bonds is 7. The molecule has 1 aromatic carbocycles. The maximum absolute atomic E-state index is 14.0. The summed E-state index contributed by atoms with van der Waals surface area (Å²) in [4.78, 5) is 19.7. The third kappa shape index (κ3) is 5.47. The summed E-state index contributed by atoms with van der Waals surface area (Å²) < 4.78 is 57.4. The fraction of sp³-hybridized carbons (Fsp3) is 0.333. The molecule has 0 aliphatic rings. The summed E-state index contributed by atoms with van der Waals surface area (Å²) >= 11 is 0. The van der Waals surface area contributed by atoms with Crippen molar-refractivity contribution in [2.45, 2.75) is 33.0 Å². The summed E-state index contributed by atoms with van der Waals surface area (Å²) in [5, 5.41) is 9.05. The van der Waals surface area contributed by atoms with Crippen molar-refractivity contribution in [1.29, 1.82) is 0 Å². The lowest BCUT2D eigenvalue weighted by Gasteiger charge is -2.29. The predicted molar refractivity (Wildman–Crippen MR) is 116 cm³/mol. The Morgan fingerprint density at radius 1 is 1.24 bits per heavy atom. The Kier molecular flexibility index (Phi) is 7.31. The molecule has 2 aromatic heterocycles. The van der Waals surface area contributed by atoms with E-state index in [0.717, 1.165) is 10.9 Å². The summed E-state index contributed by atoms with van der Waals surface area (Å²) in [7, 11) is 2.57. The fourth-order valence-corrected chi connectivity index (χ4v) is 3.42. The van der Waals surface area contributed by atoms with E-state index in [0.29, 0.717) is 30.1 Å². The van der Waals surface area contributed by atoms with Crippen LogP contribution in [-0.4, -0.2) is 50.0 Å².